The molecule has 0 aromatic rings. The molecule has 4 nitrogen and oxygen atoms in total. The summed E-state index contributed by atoms with van der Waals surface area (Å²) in [6.07, 6.45) is 5.95. The van der Waals surface area contributed by atoms with Gasteiger partial charge in [0.2, 0.25) is 0 Å². The van der Waals surface area contributed by atoms with Gasteiger partial charge in [0.15, 0.2) is 0 Å². The first-order valence-corrected chi connectivity index (χ1v) is 10.6. The van der Waals surface area contributed by atoms with Crippen LogP contribution in [0, 0.1) is 5.92 Å². The third kappa shape index (κ3) is 9.53. The summed E-state index contributed by atoms with van der Waals surface area (Å²) in [5.74, 6) is 2.91. The Morgan fingerprint density at radius 2 is 2.29 bits per heavy atom. The monoisotopic (exact) mass is 334 g/mol. The molecule has 0 unspecified atom stereocenters. The normalized spacial score (nSPS) is 19.4. The number of rotatable bonds is 11. The molecule has 21 heavy (non-hydrogen) atoms. The number of carbonyl (C=O) groups is 1. The Kier molecular flexibility index (Phi) is 11.3. The van der Waals surface area contributed by atoms with Crippen LogP contribution in [-0.2, 0) is 4.74 Å². The predicted octanol–water partition coefficient (Wildman–Crippen LogP) is 3.67. The third-order valence-electron chi connectivity index (χ3n) is 3.71. The summed E-state index contributed by atoms with van der Waals surface area (Å²) in [7, 11) is 3.73. The van der Waals surface area contributed by atoms with E-state index < -0.39 is 0 Å². The van der Waals surface area contributed by atoms with E-state index in [4.69, 9.17) is 4.74 Å². The largest absolute Gasteiger partial charge is 0.449 e. The SMILES string of the molecule is CCCC[C@@H](CC)CSSCCOC(=O)N[C@H]1CCNC1. The van der Waals surface area contributed by atoms with Gasteiger partial charge in [0.05, 0.1) is 0 Å². The van der Waals surface area contributed by atoms with Gasteiger partial charge in [-0.25, -0.2) is 4.79 Å². The van der Waals surface area contributed by atoms with Crippen molar-refractivity contribution in [1.29, 1.82) is 0 Å². The lowest BCUT2D eigenvalue weighted by Crippen LogP contribution is -2.36. The maximum absolute atomic E-state index is 11.5. The van der Waals surface area contributed by atoms with Crippen molar-refractivity contribution in [2.45, 2.75) is 52.0 Å². The van der Waals surface area contributed by atoms with Crippen molar-refractivity contribution in [1.82, 2.24) is 10.6 Å². The van der Waals surface area contributed by atoms with Crippen molar-refractivity contribution in [3.63, 3.8) is 0 Å². The van der Waals surface area contributed by atoms with E-state index in [1.54, 1.807) is 0 Å². The molecule has 1 fully saturated rings. The molecule has 1 saturated heterocycles. The molecule has 1 rings (SSSR count). The quantitative estimate of drug-likeness (QED) is 0.446. The van der Waals surface area contributed by atoms with Gasteiger partial charge in [0, 0.05) is 24.1 Å². The van der Waals surface area contributed by atoms with Gasteiger partial charge in [-0.15, -0.1) is 0 Å². The van der Waals surface area contributed by atoms with Crippen molar-refractivity contribution in [2.24, 2.45) is 5.92 Å². The van der Waals surface area contributed by atoms with E-state index in [0.717, 1.165) is 31.2 Å². The van der Waals surface area contributed by atoms with Gasteiger partial charge in [0.25, 0.3) is 0 Å². The van der Waals surface area contributed by atoms with Crippen LogP contribution < -0.4 is 10.6 Å². The molecular formula is C15H30N2O2S2. The van der Waals surface area contributed by atoms with Crippen molar-refractivity contribution >= 4 is 27.7 Å². The highest BCUT2D eigenvalue weighted by molar-refractivity contribution is 8.76. The van der Waals surface area contributed by atoms with Gasteiger partial charge >= 0.3 is 6.09 Å². The van der Waals surface area contributed by atoms with Crippen LogP contribution in [-0.4, -0.2) is 43.3 Å². The van der Waals surface area contributed by atoms with Crippen LogP contribution in [0.4, 0.5) is 4.79 Å². The maximum atomic E-state index is 11.5. The lowest BCUT2D eigenvalue weighted by molar-refractivity contribution is 0.150. The van der Waals surface area contributed by atoms with Crippen LogP contribution in [0.1, 0.15) is 46.0 Å². The standard InChI is InChI=1S/C15H30N2O2S2/c1-3-5-6-13(4-2)12-21-20-10-9-19-15(18)17-14-7-8-16-11-14/h13-14,16H,3-12H2,1-2H3,(H,17,18)/t13-,14+/m1/s1. The predicted molar refractivity (Wildman–Crippen MR) is 94.0 cm³/mol. The lowest BCUT2D eigenvalue weighted by atomic mass is 10.0. The molecule has 0 spiro atoms. The summed E-state index contributed by atoms with van der Waals surface area (Å²) < 4.78 is 5.19. The number of ether oxygens (including phenoxy) is 1. The average molecular weight is 335 g/mol. The van der Waals surface area contributed by atoms with Crippen molar-refractivity contribution in [3.05, 3.63) is 0 Å². The molecule has 1 aliphatic rings. The molecule has 1 heterocycles. The van der Waals surface area contributed by atoms with E-state index in [1.807, 2.05) is 21.6 Å². The van der Waals surface area contributed by atoms with E-state index in [1.165, 1.54) is 31.4 Å². The van der Waals surface area contributed by atoms with E-state index in [0.29, 0.717) is 6.61 Å². The number of nitrogens with one attached hydrogen (secondary N) is 2. The molecule has 1 aliphatic heterocycles. The van der Waals surface area contributed by atoms with Gasteiger partial charge in [0.1, 0.15) is 6.61 Å². The summed E-state index contributed by atoms with van der Waals surface area (Å²) in [5.41, 5.74) is 0. The number of hydrogen-bond donors (Lipinski definition) is 2. The van der Waals surface area contributed by atoms with Crippen LogP contribution in [0.2, 0.25) is 0 Å². The topological polar surface area (TPSA) is 50.4 Å². The molecule has 2 atom stereocenters. The van der Waals surface area contributed by atoms with E-state index in [2.05, 4.69) is 24.5 Å². The molecule has 0 radical (unpaired) electrons. The average Bonchev–Trinajstić information content (AvgIpc) is 2.98. The number of carbonyl (C=O) groups excluding carboxylic acids is 1. The summed E-state index contributed by atoms with van der Waals surface area (Å²) >= 11 is 0. The fourth-order valence-corrected chi connectivity index (χ4v) is 4.64. The Balaban J connectivity index is 1.92. The minimum atomic E-state index is -0.274. The smallest absolute Gasteiger partial charge is 0.407 e. The van der Waals surface area contributed by atoms with E-state index >= 15 is 0 Å². The van der Waals surface area contributed by atoms with E-state index in [9.17, 15) is 4.79 Å². The lowest BCUT2D eigenvalue weighted by Gasteiger charge is -2.13. The molecule has 1 amide bonds. The van der Waals surface area contributed by atoms with Crippen LogP contribution in [0.5, 0.6) is 0 Å². The van der Waals surface area contributed by atoms with Crippen LogP contribution >= 0.6 is 21.6 Å². The Morgan fingerprint density at radius 1 is 1.43 bits per heavy atom. The van der Waals surface area contributed by atoms with Gasteiger partial charge in [-0.2, -0.15) is 0 Å². The van der Waals surface area contributed by atoms with Gasteiger partial charge in [-0.1, -0.05) is 54.7 Å². The van der Waals surface area contributed by atoms with Crippen molar-refractivity contribution < 1.29 is 9.53 Å². The Morgan fingerprint density at radius 3 is 2.95 bits per heavy atom. The zero-order valence-corrected chi connectivity index (χ0v) is 15.0. The summed E-state index contributed by atoms with van der Waals surface area (Å²) in [4.78, 5) is 11.5. The minimum absolute atomic E-state index is 0.239. The number of alkyl carbamates (subject to hydrolysis) is 1. The van der Waals surface area contributed by atoms with Gasteiger partial charge in [-0.05, 0) is 25.3 Å². The first-order chi connectivity index (χ1) is 10.3. The molecule has 124 valence electrons. The number of amides is 1. The highest BCUT2D eigenvalue weighted by Crippen LogP contribution is 2.27. The number of hydrogen-bond acceptors (Lipinski definition) is 5. The van der Waals surface area contributed by atoms with E-state index in [-0.39, 0.29) is 12.1 Å². The van der Waals surface area contributed by atoms with Crippen LogP contribution in [0.15, 0.2) is 0 Å². The Bertz CT molecular complexity index is 274. The maximum Gasteiger partial charge on any atom is 0.407 e. The molecule has 0 aromatic heterocycles. The van der Waals surface area contributed by atoms with Crippen LogP contribution in [0.25, 0.3) is 0 Å². The second-order valence-electron chi connectivity index (χ2n) is 5.49. The van der Waals surface area contributed by atoms with Crippen LogP contribution in [0.3, 0.4) is 0 Å². The highest BCUT2D eigenvalue weighted by Gasteiger charge is 2.16. The second-order valence-corrected chi connectivity index (χ2v) is 8.12. The fraction of sp³-hybridized carbons (Fsp3) is 0.933. The number of unbranched alkanes of at least 4 members (excludes halogenated alkanes) is 1. The third-order valence-corrected chi connectivity index (χ3v) is 6.23. The zero-order chi connectivity index (χ0) is 15.3. The first-order valence-electron chi connectivity index (χ1n) is 8.14. The Labute approximate surface area is 137 Å². The summed E-state index contributed by atoms with van der Waals surface area (Å²) in [6.45, 7) is 6.86. The molecule has 6 heteroatoms. The molecular weight excluding hydrogens is 304 g/mol. The van der Waals surface area contributed by atoms with Gasteiger partial charge in [-0.3, -0.25) is 0 Å². The molecule has 0 aromatic carbocycles. The Hall–Kier alpha value is -0.0700. The fourth-order valence-electron chi connectivity index (χ4n) is 2.26. The van der Waals surface area contributed by atoms with Crippen molar-refractivity contribution in [2.75, 3.05) is 31.2 Å². The molecule has 0 aliphatic carbocycles. The van der Waals surface area contributed by atoms with Gasteiger partial charge < -0.3 is 15.4 Å². The first kappa shape index (κ1) is 19.0. The molecule has 2 N–H and O–H groups in total. The summed E-state index contributed by atoms with van der Waals surface area (Å²) in [6, 6.07) is 0.239. The minimum Gasteiger partial charge on any atom is -0.449 e. The van der Waals surface area contributed by atoms with Crippen molar-refractivity contribution in [3.8, 4) is 0 Å². The second kappa shape index (κ2) is 12.5. The summed E-state index contributed by atoms with van der Waals surface area (Å²) in [5, 5.41) is 6.10. The zero-order valence-electron chi connectivity index (χ0n) is 13.4. The molecule has 0 bridgehead atoms. The molecule has 0 saturated carbocycles. The highest BCUT2D eigenvalue weighted by atomic mass is 33.1.